The maximum Gasteiger partial charge on any atom is 0.257 e. The average Bonchev–Trinajstić information content (AvgIpc) is 2.69. The molecule has 1 aliphatic carbocycles. The van der Waals surface area contributed by atoms with Crippen LogP contribution in [0, 0.1) is 30.0 Å². The second-order valence-corrected chi connectivity index (χ2v) is 9.88. The number of nitrogens with one attached hydrogen (secondary N) is 1. The summed E-state index contributed by atoms with van der Waals surface area (Å²) < 4.78 is 27.3. The Kier molecular flexibility index (Phi) is 7.73. The van der Waals surface area contributed by atoms with Crippen LogP contribution in [0.5, 0.6) is 0 Å². The van der Waals surface area contributed by atoms with E-state index in [4.69, 9.17) is 6.57 Å². The van der Waals surface area contributed by atoms with Crippen LogP contribution in [0.2, 0.25) is 0 Å². The second-order valence-electron chi connectivity index (χ2n) is 9.88. The first-order valence-electron chi connectivity index (χ1n) is 11.7. The van der Waals surface area contributed by atoms with E-state index in [0.29, 0.717) is 17.5 Å². The first kappa shape index (κ1) is 24.7. The van der Waals surface area contributed by atoms with E-state index in [0.717, 1.165) is 55.7 Å². The molecule has 1 N–H and O–H groups in total. The fourth-order valence-electron chi connectivity index (χ4n) is 4.36. The minimum Gasteiger partial charge on any atom is -0.369 e. The molecule has 0 aromatic heterocycles. The fourth-order valence-corrected chi connectivity index (χ4v) is 4.36. The van der Waals surface area contributed by atoms with Gasteiger partial charge in [0.05, 0.1) is 17.8 Å². The number of anilines is 2. The van der Waals surface area contributed by atoms with Gasteiger partial charge >= 0.3 is 0 Å². The zero-order chi connectivity index (χ0) is 24.2. The van der Waals surface area contributed by atoms with Gasteiger partial charge in [-0.25, -0.2) is 15.4 Å². The molecule has 176 valence electrons. The zero-order valence-corrected chi connectivity index (χ0v) is 19.9. The lowest BCUT2D eigenvalue weighted by Gasteiger charge is -2.33. The molecular weight excluding hydrogens is 420 g/mol. The molecule has 0 aliphatic heterocycles. The normalized spacial score (nSPS) is 14.6. The highest BCUT2D eigenvalue weighted by molar-refractivity contribution is 5.96. The lowest BCUT2D eigenvalue weighted by Crippen LogP contribution is -2.33. The van der Waals surface area contributed by atoms with E-state index in [1.807, 2.05) is 18.2 Å². The Hall–Kier alpha value is -2.94. The Bertz CT molecular complexity index is 1030. The second kappa shape index (κ2) is 10.3. The molecule has 0 saturated heterocycles. The Morgan fingerprint density at radius 2 is 1.76 bits per heavy atom. The molecule has 6 heteroatoms. The monoisotopic (exact) mass is 453 g/mol. The number of carbonyl (C=O) groups is 1. The Morgan fingerprint density at radius 1 is 1.09 bits per heavy atom. The van der Waals surface area contributed by atoms with Crippen molar-refractivity contribution in [3.8, 4) is 0 Å². The molecule has 0 atom stereocenters. The van der Waals surface area contributed by atoms with Gasteiger partial charge in [-0.05, 0) is 48.1 Å². The van der Waals surface area contributed by atoms with Crippen LogP contribution in [0.25, 0.3) is 4.85 Å². The molecule has 1 amide bonds. The molecule has 1 aliphatic rings. The van der Waals surface area contributed by atoms with Crippen molar-refractivity contribution < 1.29 is 13.6 Å². The van der Waals surface area contributed by atoms with Gasteiger partial charge in [0, 0.05) is 37.6 Å². The molecule has 2 aromatic rings. The van der Waals surface area contributed by atoms with Crippen molar-refractivity contribution in [2.75, 3.05) is 23.3 Å². The minimum atomic E-state index is -0.734. The lowest BCUT2D eigenvalue weighted by atomic mass is 9.72. The van der Waals surface area contributed by atoms with Crippen molar-refractivity contribution in [2.24, 2.45) is 11.8 Å². The highest BCUT2D eigenvalue weighted by atomic mass is 19.1. The van der Waals surface area contributed by atoms with Crippen LogP contribution in [-0.4, -0.2) is 19.0 Å². The molecule has 1 fully saturated rings. The maximum absolute atomic E-state index is 14.1. The minimum absolute atomic E-state index is 0.143. The van der Waals surface area contributed by atoms with Crippen LogP contribution in [0.1, 0.15) is 58.1 Å². The summed E-state index contributed by atoms with van der Waals surface area (Å²) in [6, 6.07) is 9.17. The molecule has 2 aromatic carbocycles. The topological polar surface area (TPSA) is 36.7 Å². The largest absolute Gasteiger partial charge is 0.369 e. The number of halogens is 2. The van der Waals surface area contributed by atoms with E-state index in [1.54, 1.807) is 0 Å². The molecule has 3 rings (SSSR count). The molecule has 33 heavy (non-hydrogen) atoms. The third kappa shape index (κ3) is 5.90. The number of rotatable bonds is 9. The molecule has 0 heterocycles. The molecule has 0 radical (unpaired) electrons. The average molecular weight is 454 g/mol. The highest BCUT2D eigenvalue weighted by Gasteiger charge is 2.46. The van der Waals surface area contributed by atoms with Crippen molar-refractivity contribution in [2.45, 2.75) is 58.9 Å². The summed E-state index contributed by atoms with van der Waals surface area (Å²) in [4.78, 5) is 19.1. The maximum atomic E-state index is 14.1. The van der Waals surface area contributed by atoms with Crippen molar-refractivity contribution in [3.63, 3.8) is 0 Å². The molecule has 4 nitrogen and oxygen atoms in total. The Morgan fingerprint density at radius 3 is 2.27 bits per heavy atom. The van der Waals surface area contributed by atoms with Crippen LogP contribution in [0.3, 0.4) is 0 Å². The number of amides is 1. The van der Waals surface area contributed by atoms with Gasteiger partial charge in [-0.1, -0.05) is 33.8 Å². The number of hydrogen-bond acceptors (Lipinski definition) is 2. The van der Waals surface area contributed by atoms with E-state index < -0.39 is 17.2 Å². The predicted molar refractivity (Wildman–Crippen MR) is 129 cm³/mol. The van der Waals surface area contributed by atoms with Crippen LogP contribution in [0.15, 0.2) is 36.4 Å². The lowest BCUT2D eigenvalue weighted by molar-refractivity contribution is -0.115. The quantitative estimate of drug-likeness (QED) is 0.436. The van der Waals surface area contributed by atoms with Gasteiger partial charge in [0.2, 0.25) is 5.91 Å². The van der Waals surface area contributed by atoms with Crippen LogP contribution < -0.4 is 10.2 Å². The number of benzene rings is 2. The molecular formula is C27H33F2N3O. The van der Waals surface area contributed by atoms with E-state index in [9.17, 15) is 13.6 Å². The van der Waals surface area contributed by atoms with Gasteiger partial charge in [0.1, 0.15) is 11.6 Å². The van der Waals surface area contributed by atoms with Crippen LogP contribution in [0.4, 0.5) is 20.2 Å². The first-order chi connectivity index (χ1) is 15.6. The summed E-state index contributed by atoms with van der Waals surface area (Å²) >= 11 is 0. The van der Waals surface area contributed by atoms with Crippen molar-refractivity contribution >= 4 is 17.3 Å². The first-order valence-corrected chi connectivity index (χ1v) is 11.7. The van der Waals surface area contributed by atoms with E-state index in [2.05, 4.69) is 42.8 Å². The van der Waals surface area contributed by atoms with E-state index >= 15 is 0 Å². The van der Waals surface area contributed by atoms with Gasteiger partial charge in [-0.3, -0.25) is 4.79 Å². The standard InChI is InChI=1S/C27H33F2N3O/c1-18(2)16-32(17-19(3)4)25-10-8-21(27(30-5)11-6-12-27)14-24(25)31-26(33)13-20-7-9-22(28)15-23(20)29/h7-10,14-15,18-19H,6,11-13,16-17H2,1-4H3,(H,31,33). The van der Waals surface area contributed by atoms with Crippen molar-refractivity contribution in [1.29, 1.82) is 0 Å². The SMILES string of the molecule is [C-]#[N+]C1(c2ccc(N(CC(C)C)CC(C)C)c(NC(=O)Cc3ccc(F)cc3F)c2)CCC1. The Balaban J connectivity index is 1.95. The summed E-state index contributed by atoms with van der Waals surface area (Å²) in [6.07, 6.45) is 2.44. The van der Waals surface area contributed by atoms with Crippen molar-refractivity contribution in [1.82, 2.24) is 0 Å². The highest BCUT2D eigenvalue weighted by Crippen LogP contribution is 2.46. The molecule has 0 unspecified atom stereocenters. The van der Waals surface area contributed by atoms with Gasteiger partial charge in [0.25, 0.3) is 5.54 Å². The molecule has 1 saturated carbocycles. The third-order valence-corrected chi connectivity index (χ3v) is 6.08. The predicted octanol–water partition coefficient (Wildman–Crippen LogP) is 6.56. The number of nitrogens with zero attached hydrogens (tertiary/aromatic N) is 2. The van der Waals surface area contributed by atoms with E-state index in [-0.39, 0.29) is 17.9 Å². The zero-order valence-electron chi connectivity index (χ0n) is 19.9. The number of carbonyl (C=O) groups excluding carboxylic acids is 1. The number of hydrogen-bond donors (Lipinski definition) is 1. The smallest absolute Gasteiger partial charge is 0.257 e. The van der Waals surface area contributed by atoms with Crippen LogP contribution >= 0.6 is 0 Å². The summed E-state index contributed by atoms with van der Waals surface area (Å²) in [5.74, 6) is -0.946. The summed E-state index contributed by atoms with van der Waals surface area (Å²) in [6.45, 7) is 18.0. The van der Waals surface area contributed by atoms with Gasteiger partial charge < -0.3 is 15.1 Å². The van der Waals surface area contributed by atoms with Crippen LogP contribution in [-0.2, 0) is 16.8 Å². The van der Waals surface area contributed by atoms with Gasteiger partial charge in [0.15, 0.2) is 0 Å². The van der Waals surface area contributed by atoms with Gasteiger partial charge in [-0.2, -0.15) is 0 Å². The van der Waals surface area contributed by atoms with Gasteiger partial charge in [-0.15, -0.1) is 0 Å². The molecule has 0 bridgehead atoms. The third-order valence-electron chi connectivity index (χ3n) is 6.08. The fraction of sp³-hybridized carbons (Fsp3) is 0.481. The van der Waals surface area contributed by atoms with Crippen molar-refractivity contribution in [3.05, 3.63) is 70.6 Å². The summed E-state index contributed by atoms with van der Waals surface area (Å²) in [5.41, 5.74) is 2.06. The Labute approximate surface area is 195 Å². The van der Waals surface area contributed by atoms with E-state index in [1.165, 1.54) is 6.07 Å². The summed E-state index contributed by atoms with van der Waals surface area (Å²) in [7, 11) is 0. The molecule has 0 spiro atoms. The summed E-state index contributed by atoms with van der Waals surface area (Å²) in [5, 5.41) is 2.97.